The highest BCUT2D eigenvalue weighted by molar-refractivity contribution is 5.28. The molecule has 0 amide bonds. The summed E-state index contributed by atoms with van der Waals surface area (Å²) in [5.41, 5.74) is 0.930. The van der Waals surface area contributed by atoms with E-state index < -0.39 is 5.97 Å². The normalized spacial score (nSPS) is 14.8. The molecule has 0 saturated heterocycles. The molecule has 0 aliphatic rings. The minimum atomic E-state index is -1.09. The van der Waals surface area contributed by atoms with E-state index in [-0.39, 0.29) is 5.41 Å². The van der Waals surface area contributed by atoms with Crippen LogP contribution in [0.2, 0.25) is 0 Å². The lowest BCUT2D eigenvalue weighted by atomic mass is 9.69. The van der Waals surface area contributed by atoms with E-state index in [1.807, 2.05) is 0 Å². The average Bonchev–Trinajstić information content (AvgIpc) is 2.88. The van der Waals surface area contributed by atoms with Crippen molar-refractivity contribution in [2.75, 3.05) is 21.3 Å². The summed E-state index contributed by atoms with van der Waals surface area (Å²) in [7, 11) is 5.20. The van der Waals surface area contributed by atoms with Gasteiger partial charge < -0.3 is 14.2 Å². The summed E-state index contributed by atoms with van der Waals surface area (Å²) in [5, 5.41) is 0. The summed E-state index contributed by atoms with van der Waals surface area (Å²) in [5.74, 6) is -0.352. The second-order valence-electron chi connectivity index (χ2n) is 10.2. The van der Waals surface area contributed by atoms with E-state index in [9.17, 15) is 0 Å². The number of ether oxygens (including phenoxy) is 3. The predicted octanol–water partition coefficient (Wildman–Crippen LogP) is 9.43. The van der Waals surface area contributed by atoms with Gasteiger partial charge in [0.2, 0.25) is 0 Å². The third kappa shape index (κ3) is 9.28. The molecular formula is C31H56O3. The minimum Gasteiger partial charge on any atom is -0.330 e. The van der Waals surface area contributed by atoms with Gasteiger partial charge in [-0.25, -0.2) is 0 Å². The first kappa shape index (κ1) is 31.1. The molecule has 0 spiro atoms. The Kier molecular flexibility index (Phi) is 16.8. The lowest BCUT2D eigenvalue weighted by molar-refractivity contribution is -0.390. The number of unbranched alkanes of at least 4 members (excludes halogenated alkanes) is 9. The van der Waals surface area contributed by atoms with Crippen molar-refractivity contribution in [3.05, 3.63) is 35.9 Å². The minimum absolute atomic E-state index is 0.340. The van der Waals surface area contributed by atoms with E-state index in [0.29, 0.717) is 0 Å². The highest BCUT2D eigenvalue weighted by Gasteiger charge is 2.54. The number of hydrogen-bond acceptors (Lipinski definition) is 3. The van der Waals surface area contributed by atoms with Gasteiger partial charge in [0.25, 0.3) is 5.97 Å². The van der Waals surface area contributed by atoms with Crippen LogP contribution in [0.25, 0.3) is 0 Å². The molecule has 0 saturated carbocycles. The zero-order chi connectivity index (χ0) is 25.1. The summed E-state index contributed by atoms with van der Waals surface area (Å²) in [4.78, 5) is 0. The molecule has 1 rings (SSSR count). The van der Waals surface area contributed by atoms with E-state index in [4.69, 9.17) is 14.2 Å². The average molecular weight is 477 g/mol. The zero-order valence-corrected chi connectivity index (χ0v) is 23.5. The van der Waals surface area contributed by atoms with Crippen LogP contribution in [-0.2, 0) is 19.6 Å². The Morgan fingerprint density at radius 2 is 1.15 bits per heavy atom. The Bertz CT molecular complexity index is 575. The maximum absolute atomic E-state index is 6.10. The van der Waals surface area contributed by atoms with Gasteiger partial charge >= 0.3 is 0 Å². The fraction of sp³-hybridized carbons (Fsp3) is 0.806. The van der Waals surface area contributed by atoms with Crippen molar-refractivity contribution >= 4 is 0 Å². The molecule has 3 nitrogen and oxygen atoms in total. The molecule has 0 bridgehead atoms. The predicted molar refractivity (Wildman–Crippen MR) is 146 cm³/mol. The van der Waals surface area contributed by atoms with Gasteiger partial charge in [0.05, 0.1) is 5.41 Å². The van der Waals surface area contributed by atoms with Gasteiger partial charge in [-0.2, -0.15) is 0 Å². The summed E-state index contributed by atoms with van der Waals surface area (Å²) >= 11 is 0. The van der Waals surface area contributed by atoms with Crippen LogP contribution in [-0.4, -0.2) is 27.3 Å². The molecule has 0 aliphatic heterocycles. The molecule has 1 aromatic rings. The third-order valence-electron chi connectivity index (χ3n) is 7.95. The van der Waals surface area contributed by atoms with Crippen molar-refractivity contribution in [2.24, 2.45) is 5.92 Å². The molecular weight excluding hydrogens is 420 g/mol. The molecule has 1 aromatic carbocycles. The topological polar surface area (TPSA) is 27.7 Å². The van der Waals surface area contributed by atoms with Crippen LogP contribution in [0.15, 0.2) is 30.3 Å². The van der Waals surface area contributed by atoms with E-state index >= 15 is 0 Å². The molecule has 2 atom stereocenters. The standard InChI is InChI=1S/C31H56O3/c1-7-10-12-14-16-21-26-30(29-23-19-17-20-24-29,31(32-4,33-5)34-6)27-25-28(9-3)22-18-15-13-11-8-2/h17,19-20,23-24,28H,7-16,18,21-22,25-27H2,1-6H3. The maximum atomic E-state index is 6.10. The highest BCUT2D eigenvalue weighted by atomic mass is 16.9. The molecule has 0 N–H and O–H groups in total. The Balaban J connectivity index is 3.11. The molecule has 0 aromatic heterocycles. The fourth-order valence-corrected chi connectivity index (χ4v) is 5.74. The van der Waals surface area contributed by atoms with E-state index in [2.05, 4.69) is 51.1 Å². The second-order valence-corrected chi connectivity index (χ2v) is 10.2. The SMILES string of the molecule is CCCCCCCCC(CCC(CC)CCCCCCC)(c1ccccc1)C(OC)(OC)OC. The van der Waals surface area contributed by atoms with Crippen LogP contribution >= 0.6 is 0 Å². The molecule has 0 fully saturated rings. The maximum Gasteiger partial charge on any atom is 0.292 e. The zero-order valence-electron chi connectivity index (χ0n) is 23.5. The van der Waals surface area contributed by atoms with Gasteiger partial charge in [0, 0.05) is 21.3 Å². The Morgan fingerprint density at radius 3 is 1.68 bits per heavy atom. The molecule has 3 heteroatoms. The molecule has 0 heterocycles. The summed E-state index contributed by atoms with van der Waals surface area (Å²) in [6, 6.07) is 10.9. The fourth-order valence-electron chi connectivity index (χ4n) is 5.74. The highest BCUT2D eigenvalue weighted by Crippen LogP contribution is 2.48. The smallest absolute Gasteiger partial charge is 0.292 e. The van der Waals surface area contributed by atoms with Gasteiger partial charge in [0.1, 0.15) is 0 Å². The van der Waals surface area contributed by atoms with Gasteiger partial charge in [0.15, 0.2) is 0 Å². The van der Waals surface area contributed by atoms with E-state index in [1.54, 1.807) is 21.3 Å². The van der Waals surface area contributed by atoms with Gasteiger partial charge in [-0.05, 0) is 30.7 Å². The van der Waals surface area contributed by atoms with Crippen LogP contribution in [0, 0.1) is 5.92 Å². The van der Waals surface area contributed by atoms with Crippen molar-refractivity contribution in [2.45, 2.75) is 135 Å². The molecule has 34 heavy (non-hydrogen) atoms. The van der Waals surface area contributed by atoms with Crippen molar-refractivity contribution < 1.29 is 14.2 Å². The van der Waals surface area contributed by atoms with Crippen LogP contribution in [0.5, 0.6) is 0 Å². The lowest BCUT2D eigenvalue weighted by Crippen LogP contribution is -2.56. The first-order chi connectivity index (χ1) is 16.6. The van der Waals surface area contributed by atoms with Crippen molar-refractivity contribution in [3.8, 4) is 0 Å². The third-order valence-corrected chi connectivity index (χ3v) is 7.95. The van der Waals surface area contributed by atoms with E-state index in [0.717, 1.165) is 25.2 Å². The Labute approximate surface area is 212 Å². The van der Waals surface area contributed by atoms with Gasteiger partial charge in [-0.15, -0.1) is 0 Å². The first-order valence-electron chi connectivity index (χ1n) is 14.3. The van der Waals surface area contributed by atoms with Gasteiger partial charge in [-0.3, -0.25) is 0 Å². The Morgan fingerprint density at radius 1 is 0.618 bits per heavy atom. The monoisotopic (exact) mass is 476 g/mol. The summed E-state index contributed by atoms with van der Waals surface area (Å²) in [6.45, 7) is 6.92. The van der Waals surface area contributed by atoms with Crippen molar-refractivity contribution in [1.29, 1.82) is 0 Å². The molecule has 198 valence electrons. The summed E-state index contributed by atoms with van der Waals surface area (Å²) < 4.78 is 18.3. The number of hydrogen-bond donors (Lipinski definition) is 0. The number of benzene rings is 1. The number of methoxy groups -OCH3 is 3. The first-order valence-corrected chi connectivity index (χ1v) is 14.3. The van der Waals surface area contributed by atoms with Gasteiger partial charge in [-0.1, -0.05) is 135 Å². The number of rotatable bonds is 22. The van der Waals surface area contributed by atoms with Crippen LogP contribution < -0.4 is 0 Å². The van der Waals surface area contributed by atoms with Crippen molar-refractivity contribution in [3.63, 3.8) is 0 Å². The van der Waals surface area contributed by atoms with Crippen LogP contribution in [0.1, 0.15) is 129 Å². The van der Waals surface area contributed by atoms with Crippen molar-refractivity contribution in [1.82, 2.24) is 0 Å². The molecule has 0 aliphatic carbocycles. The lowest BCUT2D eigenvalue weighted by Gasteiger charge is -2.48. The molecule has 0 radical (unpaired) electrons. The largest absolute Gasteiger partial charge is 0.330 e. The second kappa shape index (κ2) is 18.4. The summed E-state index contributed by atoms with van der Waals surface area (Å²) in [6.07, 6.45) is 20.1. The van der Waals surface area contributed by atoms with Crippen LogP contribution in [0.3, 0.4) is 0 Å². The molecule has 2 unspecified atom stereocenters. The van der Waals surface area contributed by atoms with E-state index in [1.165, 1.54) is 89.0 Å². The van der Waals surface area contributed by atoms with Crippen LogP contribution in [0.4, 0.5) is 0 Å². The Hall–Kier alpha value is -0.900. The quantitative estimate of drug-likeness (QED) is 0.123.